The summed E-state index contributed by atoms with van der Waals surface area (Å²) < 4.78 is 51.0. The monoisotopic (exact) mass is 217 g/mol. The minimum absolute atomic E-state index is 0.0339. The van der Waals surface area contributed by atoms with Crippen LogP contribution in [0.3, 0.4) is 0 Å². The lowest BCUT2D eigenvalue weighted by molar-refractivity contribution is -0.159. The Kier molecular flexibility index (Phi) is 1.83. The van der Waals surface area contributed by atoms with Gasteiger partial charge in [-0.05, 0) is 6.07 Å². The maximum absolute atomic E-state index is 13.0. The van der Waals surface area contributed by atoms with E-state index in [1.165, 1.54) is 18.2 Å². The van der Waals surface area contributed by atoms with Gasteiger partial charge >= 0.3 is 11.8 Å². The fourth-order valence-corrected chi connectivity index (χ4v) is 1.45. The Labute approximate surface area is 83.2 Å². The number of rotatable bonds is 1. The fraction of sp³-hybridized carbons (Fsp3) is 0.200. The number of benzene rings is 1. The van der Waals surface area contributed by atoms with E-state index in [4.69, 9.17) is 5.73 Å². The van der Waals surface area contributed by atoms with Crippen LogP contribution in [0.15, 0.2) is 30.3 Å². The number of halogens is 4. The highest BCUT2D eigenvalue weighted by molar-refractivity contribution is 5.85. The van der Waals surface area contributed by atoms with Crippen molar-refractivity contribution in [3.8, 4) is 0 Å². The molecule has 0 saturated carbocycles. The third-order valence-corrected chi connectivity index (χ3v) is 2.33. The standard InChI is InChI=1S/C10H7F4N/c11-9(12)5-7(10(9,13)14)6-3-1-2-4-8(6)15/h1-5H,15H2. The molecule has 1 aromatic carbocycles. The van der Waals surface area contributed by atoms with Crippen molar-refractivity contribution in [2.75, 3.05) is 5.73 Å². The summed E-state index contributed by atoms with van der Waals surface area (Å²) in [5.74, 6) is -8.19. The van der Waals surface area contributed by atoms with E-state index >= 15 is 0 Å². The van der Waals surface area contributed by atoms with E-state index in [-0.39, 0.29) is 17.3 Å². The molecule has 0 spiro atoms. The van der Waals surface area contributed by atoms with Crippen molar-refractivity contribution < 1.29 is 17.6 Å². The lowest BCUT2D eigenvalue weighted by Crippen LogP contribution is -2.48. The number of hydrogen-bond acceptors (Lipinski definition) is 1. The molecule has 0 aromatic heterocycles. The summed E-state index contributed by atoms with van der Waals surface area (Å²) in [6.45, 7) is 0. The van der Waals surface area contributed by atoms with Crippen molar-refractivity contribution in [3.63, 3.8) is 0 Å². The van der Waals surface area contributed by atoms with Crippen LogP contribution in [0.2, 0.25) is 0 Å². The van der Waals surface area contributed by atoms with Crippen LogP contribution in [0.5, 0.6) is 0 Å². The van der Waals surface area contributed by atoms with Crippen molar-refractivity contribution in [2.45, 2.75) is 11.8 Å². The molecule has 0 unspecified atom stereocenters. The summed E-state index contributed by atoms with van der Waals surface area (Å²) in [6, 6.07) is 5.71. The van der Waals surface area contributed by atoms with Crippen LogP contribution in [0.4, 0.5) is 23.2 Å². The topological polar surface area (TPSA) is 26.0 Å². The minimum Gasteiger partial charge on any atom is -0.398 e. The number of para-hydroxylation sites is 1. The van der Waals surface area contributed by atoms with Gasteiger partial charge < -0.3 is 5.73 Å². The van der Waals surface area contributed by atoms with E-state index in [1.807, 2.05) is 0 Å². The highest BCUT2D eigenvalue weighted by atomic mass is 19.3. The molecule has 80 valence electrons. The smallest absolute Gasteiger partial charge is 0.339 e. The van der Waals surface area contributed by atoms with E-state index in [9.17, 15) is 17.6 Å². The van der Waals surface area contributed by atoms with Crippen LogP contribution in [-0.4, -0.2) is 11.8 Å². The fourth-order valence-electron chi connectivity index (χ4n) is 1.45. The third kappa shape index (κ3) is 1.22. The maximum Gasteiger partial charge on any atom is 0.339 e. The molecule has 0 amide bonds. The Morgan fingerprint density at radius 2 is 1.60 bits per heavy atom. The van der Waals surface area contributed by atoms with Gasteiger partial charge in [0.25, 0.3) is 0 Å². The van der Waals surface area contributed by atoms with Crippen LogP contribution >= 0.6 is 0 Å². The first kappa shape index (κ1) is 10.0. The first-order valence-corrected chi connectivity index (χ1v) is 4.20. The van der Waals surface area contributed by atoms with E-state index < -0.39 is 17.4 Å². The third-order valence-electron chi connectivity index (χ3n) is 2.33. The Morgan fingerprint density at radius 1 is 1.00 bits per heavy atom. The molecule has 0 saturated heterocycles. The predicted molar refractivity (Wildman–Crippen MR) is 48.7 cm³/mol. The van der Waals surface area contributed by atoms with Crippen LogP contribution < -0.4 is 5.73 Å². The molecular formula is C10H7F4N. The largest absolute Gasteiger partial charge is 0.398 e. The molecule has 2 N–H and O–H groups in total. The van der Waals surface area contributed by atoms with Gasteiger partial charge in [-0.2, -0.15) is 17.6 Å². The summed E-state index contributed by atoms with van der Waals surface area (Å²) in [4.78, 5) is 0. The van der Waals surface area contributed by atoms with Crippen molar-refractivity contribution in [2.24, 2.45) is 0 Å². The highest BCUT2D eigenvalue weighted by Crippen LogP contribution is 2.54. The molecule has 5 heteroatoms. The summed E-state index contributed by atoms with van der Waals surface area (Å²) in [6.07, 6.45) is 0.249. The van der Waals surface area contributed by atoms with Gasteiger partial charge in [0.2, 0.25) is 0 Å². The minimum atomic E-state index is -4.12. The van der Waals surface area contributed by atoms with Gasteiger partial charge in [0, 0.05) is 22.9 Å². The van der Waals surface area contributed by atoms with Crippen molar-refractivity contribution in [1.82, 2.24) is 0 Å². The molecule has 15 heavy (non-hydrogen) atoms. The van der Waals surface area contributed by atoms with Crippen LogP contribution in [0.25, 0.3) is 5.57 Å². The first-order valence-electron chi connectivity index (χ1n) is 4.20. The zero-order valence-electron chi connectivity index (χ0n) is 7.48. The van der Waals surface area contributed by atoms with Gasteiger partial charge in [-0.15, -0.1) is 0 Å². The molecule has 1 aliphatic rings. The molecule has 1 nitrogen and oxygen atoms in total. The maximum atomic E-state index is 13.0. The Bertz CT molecular complexity index is 437. The van der Waals surface area contributed by atoms with Gasteiger partial charge in [-0.3, -0.25) is 0 Å². The predicted octanol–water partition coefficient (Wildman–Crippen LogP) is 2.94. The zero-order chi connectivity index (χ0) is 11.3. The molecular weight excluding hydrogens is 210 g/mol. The van der Waals surface area contributed by atoms with Gasteiger partial charge in [0.15, 0.2) is 0 Å². The van der Waals surface area contributed by atoms with E-state index in [1.54, 1.807) is 6.07 Å². The molecule has 0 atom stereocenters. The average molecular weight is 217 g/mol. The Hall–Kier alpha value is -1.52. The quantitative estimate of drug-likeness (QED) is 0.568. The van der Waals surface area contributed by atoms with Crippen molar-refractivity contribution in [3.05, 3.63) is 35.9 Å². The van der Waals surface area contributed by atoms with Crippen LogP contribution in [0.1, 0.15) is 5.56 Å². The van der Waals surface area contributed by atoms with Gasteiger partial charge in [-0.25, -0.2) is 0 Å². The Morgan fingerprint density at radius 3 is 2.07 bits per heavy atom. The van der Waals surface area contributed by atoms with Crippen LogP contribution in [-0.2, 0) is 0 Å². The number of allylic oxidation sites excluding steroid dienone is 2. The second kappa shape index (κ2) is 2.74. The second-order valence-corrected chi connectivity index (χ2v) is 3.34. The van der Waals surface area contributed by atoms with E-state index in [0.717, 1.165) is 0 Å². The first-order chi connectivity index (χ1) is 6.86. The summed E-state index contributed by atoms with van der Waals surface area (Å²) in [5.41, 5.74) is 4.75. The van der Waals surface area contributed by atoms with Gasteiger partial charge in [0.1, 0.15) is 0 Å². The van der Waals surface area contributed by atoms with E-state index in [2.05, 4.69) is 0 Å². The zero-order valence-corrected chi connectivity index (χ0v) is 7.48. The molecule has 1 aromatic rings. The molecule has 1 aliphatic carbocycles. The summed E-state index contributed by atoms with van der Waals surface area (Å²) in [5, 5.41) is 0. The van der Waals surface area contributed by atoms with Crippen LogP contribution in [0, 0.1) is 0 Å². The molecule has 0 fully saturated rings. The van der Waals surface area contributed by atoms with Gasteiger partial charge in [0.05, 0.1) is 0 Å². The lowest BCUT2D eigenvalue weighted by Gasteiger charge is -2.35. The Balaban J connectivity index is 2.49. The molecule has 0 heterocycles. The van der Waals surface area contributed by atoms with Crippen molar-refractivity contribution >= 4 is 11.3 Å². The number of hydrogen-bond donors (Lipinski definition) is 1. The number of nitrogen functional groups attached to an aromatic ring is 1. The SMILES string of the molecule is Nc1ccccc1C1=CC(F)(F)C1(F)F. The normalized spacial score (nSPS) is 21.7. The molecule has 0 radical (unpaired) electrons. The summed E-state index contributed by atoms with van der Waals surface area (Å²) in [7, 11) is 0. The molecule has 2 rings (SSSR count). The number of alkyl halides is 4. The summed E-state index contributed by atoms with van der Waals surface area (Å²) >= 11 is 0. The molecule has 0 aliphatic heterocycles. The van der Waals surface area contributed by atoms with Gasteiger partial charge in [-0.1, -0.05) is 18.2 Å². The molecule has 0 bridgehead atoms. The van der Waals surface area contributed by atoms with Crippen molar-refractivity contribution in [1.29, 1.82) is 0 Å². The van der Waals surface area contributed by atoms with E-state index in [0.29, 0.717) is 0 Å². The number of anilines is 1. The highest BCUT2D eigenvalue weighted by Gasteiger charge is 2.65. The number of nitrogens with two attached hydrogens (primary N) is 1. The second-order valence-electron chi connectivity index (χ2n) is 3.34. The lowest BCUT2D eigenvalue weighted by atomic mass is 9.83. The average Bonchev–Trinajstić information content (AvgIpc) is 2.16.